The fourth-order valence-corrected chi connectivity index (χ4v) is 3.79. The number of nitrogens with one attached hydrogen (secondary N) is 1. The van der Waals surface area contributed by atoms with Crippen molar-refractivity contribution >= 4 is 61.8 Å². The lowest BCUT2D eigenvalue weighted by atomic mass is 10.1. The second kappa shape index (κ2) is 6.58. The molecule has 26 heavy (non-hydrogen) atoms. The molecular weight excluding hydrogens is 420 g/mol. The van der Waals surface area contributed by atoms with Gasteiger partial charge in [-0.2, -0.15) is 0 Å². The largest absolute Gasteiger partial charge is 0.508 e. The maximum Gasteiger partial charge on any atom is 0.276 e. The molecule has 130 valence electrons. The highest BCUT2D eigenvalue weighted by atomic mass is 79.9. The molecule has 9 heteroatoms. The summed E-state index contributed by atoms with van der Waals surface area (Å²) in [5.74, 6) is -0.137. The number of halogens is 1. The number of hydrogen-bond acceptors (Lipinski definition) is 6. The summed E-state index contributed by atoms with van der Waals surface area (Å²) >= 11 is 4.62. The van der Waals surface area contributed by atoms with Crippen LogP contribution in [0.5, 0.6) is 5.75 Å². The number of phenolic OH excluding ortho intramolecular Hbond substituents is 1. The van der Waals surface area contributed by atoms with Crippen molar-refractivity contribution in [1.82, 2.24) is 0 Å². The van der Waals surface area contributed by atoms with Gasteiger partial charge in [-0.05, 0) is 42.5 Å². The molecule has 2 amide bonds. The fourth-order valence-electron chi connectivity index (χ4n) is 2.61. The van der Waals surface area contributed by atoms with Crippen LogP contribution in [-0.4, -0.2) is 33.6 Å². The standard InChI is InChI=1S/C17H11BrN4O3S/c18-9-1-6-13-12(7-9)15(16(25)19-13)20-21-17-22(14(24)8-26-17)10-2-4-11(23)5-3-10/h1-7,23H,8H2,(H,19,20,25)/b21-17+. The van der Waals surface area contributed by atoms with E-state index in [2.05, 4.69) is 31.4 Å². The molecule has 0 saturated carbocycles. The summed E-state index contributed by atoms with van der Waals surface area (Å²) in [5, 5.41) is 20.8. The molecule has 0 unspecified atom stereocenters. The smallest absolute Gasteiger partial charge is 0.276 e. The van der Waals surface area contributed by atoms with Crippen LogP contribution in [0, 0.1) is 0 Å². The lowest BCUT2D eigenvalue weighted by Crippen LogP contribution is -2.29. The average molecular weight is 431 g/mol. The maximum absolute atomic E-state index is 12.2. The lowest BCUT2D eigenvalue weighted by molar-refractivity contribution is -0.115. The quantitative estimate of drug-likeness (QED) is 0.715. The summed E-state index contributed by atoms with van der Waals surface area (Å²) < 4.78 is 0.823. The zero-order chi connectivity index (χ0) is 18.3. The number of nitrogens with zero attached hydrogens (tertiary/aromatic N) is 3. The second-order valence-electron chi connectivity index (χ2n) is 5.51. The Morgan fingerprint density at radius 2 is 1.88 bits per heavy atom. The van der Waals surface area contributed by atoms with E-state index in [1.54, 1.807) is 24.3 Å². The van der Waals surface area contributed by atoms with Crippen molar-refractivity contribution in [3.63, 3.8) is 0 Å². The predicted octanol–water partition coefficient (Wildman–Crippen LogP) is 2.95. The van der Waals surface area contributed by atoms with Gasteiger partial charge in [0.25, 0.3) is 5.91 Å². The van der Waals surface area contributed by atoms with Gasteiger partial charge in [-0.15, -0.1) is 10.2 Å². The maximum atomic E-state index is 12.2. The minimum absolute atomic E-state index is 0.108. The summed E-state index contributed by atoms with van der Waals surface area (Å²) in [6, 6.07) is 11.6. The first kappa shape index (κ1) is 16.8. The number of carbonyl (C=O) groups is 2. The molecule has 2 aliphatic heterocycles. The minimum atomic E-state index is -0.340. The van der Waals surface area contributed by atoms with E-state index in [9.17, 15) is 14.7 Å². The number of aromatic hydroxyl groups is 1. The normalized spacial score (nSPS) is 19.3. The number of rotatable bonds is 2. The Kier molecular flexibility index (Phi) is 4.25. The number of hydrogen-bond donors (Lipinski definition) is 2. The van der Waals surface area contributed by atoms with Crippen LogP contribution < -0.4 is 10.2 Å². The number of amidine groups is 1. The molecule has 0 spiro atoms. The van der Waals surface area contributed by atoms with Crippen LogP contribution in [-0.2, 0) is 9.59 Å². The van der Waals surface area contributed by atoms with Gasteiger partial charge in [0.2, 0.25) is 5.91 Å². The number of benzene rings is 2. The monoisotopic (exact) mass is 430 g/mol. The number of carbonyl (C=O) groups excluding carboxylic acids is 2. The molecule has 0 aliphatic carbocycles. The van der Waals surface area contributed by atoms with Gasteiger partial charge in [0, 0.05) is 10.0 Å². The molecule has 1 fully saturated rings. The van der Waals surface area contributed by atoms with Crippen LogP contribution in [0.25, 0.3) is 0 Å². The Labute approximate surface area is 160 Å². The summed E-state index contributed by atoms with van der Waals surface area (Å²) in [6.45, 7) is 0. The number of thioether (sulfide) groups is 1. The van der Waals surface area contributed by atoms with E-state index >= 15 is 0 Å². The van der Waals surface area contributed by atoms with Crippen molar-refractivity contribution in [3.8, 4) is 5.75 Å². The average Bonchev–Trinajstić information content (AvgIpc) is 3.13. The third-order valence-corrected chi connectivity index (χ3v) is 5.22. The van der Waals surface area contributed by atoms with Crippen LogP contribution in [0.1, 0.15) is 5.56 Å². The molecule has 1 saturated heterocycles. The van der Waals surface area contributed by atoms with Gasteiger partial charge in [-0.1, -0.05) is 27.7 Å². The first-order valence-corrected chi connectivity index (χ1v) is 9.32. The Morgan fingerprint density at radius 1 is 1.12 bits per heavy atom. The topological polar surface area (TPSA) is 94.4 Å². The predicted molar refractivity (Wildman–Crippen MR) is 105 cm³/mol. The van der Waals surface area contributed by atoms with Crippen molar-refractivity contribution in [2.24, 2.45) is 10.2 Å². The second-order valence-corrected chi connectivity index (χ2v) is 7.37. The number of anilines is 2. The molecule has 2 heterocycles. The summed E-state index contributed by atoms with van der Waals surface area (Å²) in [5.41, 5.74) is 2.09. The van der Waals surface area contributed by atoms with E-state index in [4.69, 9.17) is 0 Å². The Bertz CT molecular complexity index is 988. The van der Waals surface area contributed by atoms with E-state index < -0.39 is 0 Å². The van der Waals surface area contributed by atoms with Crippen molar-refractivity contribution in [2.45, 2.75) is 0 Å². The zero-order valence-corrected chi connectivity index (χ0v) is 15.5. The zero-order valence-electron chi connectivity index (χ0n) is 13.1. The van der Waals surface area contributed by atoms with Crippen molar-refractivity contribution in [1.29, 1.82) is 0 Å². The Hall–Kier alpha value is -2.65. The molecule has 2 N–H and O–H groups in total. The van der Waals surface area contributed by atoms with E-state index in [1.807, 2.05) is 6.07 Å². The van der Waals surface area contributed by atoms with E-state index in [0.717, 1.165) is 4.47 Å². The molecule has 4 rings (SSSR count). The lowest BCUT2D eigenvalue weighted by Gasteiger charge is -2.15. The third kappa shape index (κ3) is 2.99. The van der Waals surface area contributed by atoms with Crippen LogP contribution >= 0.6 is 27.7 Å². The molecule has 2 aromatic carbocycles. The summed E-state index contributed by atoms with van der Waals surface area (Å²) in [7, 11) is 0. The Balaban J connectivity index is 1.71. The molecule has 0 radical (unpaired) electrons. The van der Waals surface area contributed by atoms with Gasteiger partial charge >= 0.3 is 0 Å². The van der Waals surface area contributed by atoms with Gasteiger partial charge in [-0.3, -0.25) is 14.5 Å². The van der Waals surface area contributed by atoms with Gasteiger partial charge in [0.15, 0.2) is 10.9 Å². The third-order valence-electron chi connectivity index (χ3n) is 3.81. The number of phenols is 1. The van der Waals surface area contributed by atoms with E-state index in [1.165, 1.54) is 28.8 Å². The van der Waals surface area contributed by atoms with Crippen LogP contribution in [0.4, 0.5) is 11.4 Å². The molecule has 0 aromatic heterocycles. The van der Waals surface area contributed by atoms with Crippen LogP contribution in [0.3, 0.4) is 0 Å². The highest BCUT2D eigenvalue weighted by Crippen LogP contribution is 2.29. The molecule has 2 aromatic rings. The molecule has 2 aliphatic rings. The van der Waals surface area contributed by atoms with E-state index in [-0.39, 0.29) is 29.0 Å². The van der Waals surface area contributed by atoms with Gasteiger partial charge in [0.05, 0.1) is 17.1 Å². The number of fused-ring (bicyclic) bond motifs is 1. The van der Waals surface area contributed by atoms with E-state index in [0.29, 0.717) is 22.1 Å². The van der Waals surface area contributed by atoms with Gasteiger partial charge < -0.3 is 10.4 Å². The summed E-state index contributed by atoms with van der Waals surface area (Å²) in [6.07, 6.45) is 0. The molecule has 0 bridgehead atoms. The SMILES string of the molecule is O=C1Nc2ccc(Br)cc2/C1=N/N=C1/SCC(=O)N1c1ccc(O)cc1. The van der Waals surface area contributed by atoms with Crippen molar-refractivity contribution in [3.05, 3.63) is 52.5 Å². The molecular formula is C17H11BrN4O3S. The van der Waals surface area contributed by atoms with Crippen LogP contribution in [0.2, 0.25) is 0 Å². The Morgan fingerprint density at radius 3 is 2.65 bits per heavy atom. The van der Waals surface area contributed by atoms with Crippen LogP contribution in [0.15, 0.2) is 57.1 Å². The summed E-state index contributed by atoms with van der Waals surface area (Å²) in [4.78, 5) is 25.8. The first-order valence-electron chi connectivity index (χ1n) is 7.54. The highest BCUT2D eigenvalue weighted by Gasteiger charge is 2.31. The molecule has 0 atom stereocenters. The highest BCUT2D eigenvalue weighted by molar-refractivity contribution is 9.10. The van der Waals surface area contributed by atoms with Crippen molar-refractivity contribution < 1.29 is 14.7 Å². The number of amides is 2. The molecule has 7 nitrogen and oxygen atoms in total. The fraction of sp³-hybridized carbons (Fsp3) is 0.0588. The van der Waals surface area contributed by atoms with Crippen molar-refractivity contribution in [2.75, 3.05) is 16.0 Å². The first-order chi connectivity index (χ1) is 12.5. The minimum Gasteiger partial charge on any atom is -0.508 e. The van der Waals surface area contributed by atoms with Gasteiger partial charge in [0.1, 0.15) is 5.75 Å². The van der Waals surface area contributed by atoms with Gasteiger partial charge in [-0.25, -0.2) is 0 Å².